The molecule has 4 rings (SSSR count). The highest BCUT2D eigenvalue weighted by molar-refractivity contribution is 5.48. The number of fused-ring (bicyclic) bond motifs is 1. The maximum absolute atomic E-state index is 9.63. The number of aliphatic hydroxyl groups excluding tert-OH is 1. The Morgan fingerprint density at radius 1 is 0.967 bits per heavy atom. The summed E-state index contributed by atoms with van der Waals surface area (Å²) in [5, 5.41) is 9.63. The first-order valence-corrected chi connectivity index (χ1v) is 10.5. The summed E-state index contributed by atoms with van der Waals surface area (Å²) in [6.07, 6.45) is 1.49. The molecule has 0 heterocycles. The minimum Gasteiger partial charge on any atom is -0.497 e. The Kier molecular flexibility index (Phi) is 6.36. The molecule has 0 saturated heterocycles. The van der Waals surface area contributed by atoms with Crippen LogP contribution in [-0.2, 0) is 6.42 Å². The third-order valence-corrected chi connectivity index (χ3v) is 5.99. The Morgan fingerprint density at radius 3 is 2.40 bits per heavy atom. The van der Waals surface area contributed by atoms with Crippen molar-refractivity contribution in [3.63, 3.8) is 0 Å². The van der Waals surface area contributed by atoms with Gasteiger partial charge in [-0.2, -0.15) is 0 Å². The predicted octanol–water partition coefficient (Wildman–Crippen LogP) is 4.26. The van der Waals surface area contributed by atoms with Crippen molar-refractivity contribution < 1.29 is 14.6 Å². The molecule has 0 aromatic heterocycles. The van der Waals surface area contributed by atoms with Gasteiger partial charge in [-0.3, -0.25) is 0 Å². The van der Waals surface area contributed by atoms with Crippen LogP contribution in [-0.4, -0.2) is 31.5 Å². The topological polar surface area (TPSA) is 64.7 Å². The van der Waals surface area contributed by atoms with E-state index >= 15 is 0 Å². The van der Waals surface area contributed by atoms with Gasteiger partial charge in [0.1, 0.15) is 24.2 Å². The van der Waals surface area contributed by atoms with Gasteiger partial charge in [0.25, 0.3) is 0 Å². The Hall–Kier alpha value is -2.82. The molecule has 156 valence electrons. The Balaban J connectivity index is 1.68. The summed E-state index contributed by atoms with van der Waals surface area (Å²) in [6, 6.07) is 25.5. The largest absolute Gasteiger partial charge is 0.497 e. The molecule has 0 fully saturated rings. The summed E-state index contributed by atoms with van der Waals surface area (Å²) in [5.41, 5.74) is 10.8. The number of aryl methyl sites for hydroxylation is 1. The lowest BCUT2D eigenvalue weighted by Gasteiger charge is -2.35. The van der Waals surface area contributed by atoms with Crippen LogP contribution in [0.25, 0.3) is 0 Å². The molecule has 4 nitrogen and oxygen atoms in total. The van der Waals surface area contributed by atoms with Crippen LogP contribution in [0.4, 0.5) is 0 Å². The lowest BCUT2D eigenvalue weighted by atomic mass is 9.69. The lowest BCUT2D eigenvalue weighted by molar-refractivity contribution is 0.114. The fourth-order valence-electron chi connectivity index (χ4n) is 4.43. The van der Waals surface area contributed by atoms with Crippen molar-refractivity contribution in [3.05, 3.63) is 95.1 Å². The zero-order valence-corrected chi connectivity index (χ0v) is 17.3. The smallest absolute Gasteiger partial charge is 0.119 e. The van der Waals surface area contributed by atoms with Crippen molar-refractivity contribution in [2.24, 2.45) is 5.73 Å². The third-order valence-electron chi connectivity index (χ3n) is 5.99. The normalized spacial score (nSPS) is 19.0. The van der Waals surface area contributed by atoms with E-state index in [1.807, 2.05) is 12.1 Å². The summed E-state index contributed by atoms with van der Waals surface area (Å²) in [4.78, 5) is 0. The van der Waals surface area contributed by atoms with Crippen molar-refractivity contribution >= 4 is 0 Å². The second kappa shape index (κ2) is 9.33. The molecule has 0 saturated carbocycles. The lowest BCUT2D eigenvalue weighted by Crippen LogP contribution is -2.26. The molecule has 3 aromatic rings. The molecule has 1 aliphatic carbocycles. The van der Waals surface area contributed by atoms with Crippen LogP contribution in [0.15, 0.2) is 72.8 Å². The summed E-state index contributed by atoms with van der Waals surface area (Å²) in [7, 11) is 1.72. The number of hydrogen-bond acceptors (Lipinski definition) is 4. The van der Waals surface area contributed by atoms with Crippen molar-refractivity contribution in [2.45, 2.75) is 30.8 Å². The molecule has 3 atom stereocenters. The van der Waals surface area contributed by atoms with Crippen LogP contribution < -0.4 is 15.2 Å². The van der Waals surface area contributed by atoms with Gasteiger partial charge < -0.3 is 20.3 Å². The van der Waals surface area contributed by atoms with Gasteiger partial charge in [-0.15, -0.1) is 0 Å². The van der Waals surface area contributed by atoms with E-state index in [-0.39, 0.29) is 19.1 Å². The molecular formula is C26H29NO3. The first-order chi connectivity index (χ1) is 14.7. The van der Waals surface area contributed by atoms with Crippen molar-refractivity contribution in [2.75, 3.05) is 20.3 Å². The average Bonchev–Trinajstić information content (AvgIpc) is 2.82. The Bertz CT molecular complexity index is 956. The van der Waals surface area contributed by atoms with Gasteiger partial charge in [-0.1, -0.05) is 48.5 Å². The monoisotopic (exact) mass is 403 g/mol. The standard InChI is InChI=1S/C26H29NO3/c1-29-23-12-14-25-20(15-23)9-13-24(18-5-3-2-4-6-18)26(25)19-7-10-22(11-8-19)30-17-21(28)16-27/h2-8,10-12,14-15,21,24,26,28H,9,13,16-17,27H2,1H3/t21?,24-,26+/m1/s1. The van der Waals surface area contributed by atoms with Crippen LogP contribution >= 0.6 is 0 Å². The Morgan fingerprint density at radius 2 is 1.70 bits per heavy atom. The molecule has 3 N–H and O–H groups in total. The number of rotatable bonds is 7. The number of benzene rings is 3. The predicted molar refractivity (Wildman–Crippen MR) is 119 cm³/mol. The van der Waals surface area contributed by atoms with Gasteiger partial charge in [-0.05, 0) is 65.3 Å². The second-order valence-electron chi connectivity index (χ2n) is 7.87. The molecule has 0 radical (unpaired) electrons. The quantitative estimate of drug-likeness (QED) is 0.619. The van der Waals surface area contributed by atoms with E-state index in [0.29, 0.717) is 5.92 Å². The van der Waals surface area contributed by atoms with E-state index in [1.165, 1.54) is 22.3 Å². The molecule has 1 aliphatic rings. The van der Waals surface area contributed by atoms with Gasteiger partial charge in [-0.25, -0.2) is 0 Å². The number of hydrogen-bond donors (Lipinski definition) is 2. The number of nitrogens with two attached hydrogens (primary N) is 1. The maximum Gasteiger partial charge on any atom is 0.119 e. The van der Waals surface area contributed by atoms with E-state index in [1.54, 1.807) is 7.11 Å². The molecule has 30 heavy (non-hydrogen) atoms. The molecule has 0 bridgehead atoms. The summed E-state index contributed by atoms with van der Waals surface area (Å²) < 4.78 is 11.1. The maximum atomic E-state index is 9.63. The molecule has 0 amide bonds. The van der Waals surface area contributed by atoms with Crippen LogP contribution in [0, 0.1) is 0 Å². The van der Waals surface area contributed by atoms with Crippen LogP contribution in [0.2, 0.25) is 0 Å². The molecule has 0 spiro atoms. The molecule has 1 unspecified atom stereocenters. The van der Waals surface area contributed by atoms with Gasteiger partial charge in [0.2, 0.25) is 0 Å². The minimum absolute atomic E-state index is 0.194. The molecule has 0 aliphatic heterocycles. The highest BCUT2D eigenvalue weighted by atomic mass is 16.5. The van der Waals surface area contributed by atoms with Crippen LogP contribution in [0.1, 0.15) is 40.5 Å². The van der Waals surface area contributed by atoms with Crippen molar-refractivity contribution in [1.29, 1.82) is 0 Å². The van der Waals surface area contributed by atoms with Crippen molar-refractivity contribution in [3.8, 4) is 11.5 Å². The molecular weight excluding hydrogens is 374 g/mol. The molecule has 4 heteroatoms. The van der Waals surface area contributed by atoms with E-state index in [9.17, 15) is 5.11 Å². The van der Waals surface area contributed by atoms with E-state index in [0.717, 1.165) is 24.3 Å². The van der Waals surface area contributed by atoms with Gasteiger partial charge in [0.15, 0.2) is 0 Å². The van der Waals surface area contributed by atoms with Gasteiger partial charge in [0, 0.05) is 12.5 Å². The number of ether oxygens (including phenoxy) is 2. The number of methoxy groups -OCH3 is 1. The van der Waals surface area contributed by atoms with Gasteiger partial charge >= 0.3 is 0 Å². The van der Waals surface area contributed by atoms with E-state index < -0.39 is 6.10 Å². The molecule has 3 aromatic carbocycles. The van der Waals surface area contributed by atoms with E-state index in [2.05, 4.69) is 60.7 Å². The Labute approximate surface area is 178 Å². The van der Waals surface area contributed by atoms with Crippen molar-refractivity contribution in [1.82, 2.24) is 0 Å². The fraction of sp³-hybridized carbons (Fsp3) is 0.308. The van der Waals surface area contributed by atoms with Gasteiger partial charge in [0.05, 0.1) is 7.11 Å². The minimum atomic E-state index is -0.646. The van der Waals surface area contributed by atoms with Crippen LogP contribution in [0.3, 0.4) is 0 Å². The SMILES string of the molecule is COc1ccc2c(c1)CC[C@H](c1ccccc1)[C@@H]2c1ccc(OCC(O)CN)cc1. The first kappa shape index (κ1) is 20.5. The highest BCUT2D eigenvalue weighted by Gasteiger charge is 2.32. The zero-order chi connectivity index (χ0) is 20.9. The summed E-state index contributed by atoms with van der Waals surface area (Å²) in [6.45, 7) is 0.397. The first-order valence-electron chi connectivity index (χ1n) is 10.5. The number of aliphatic hydroxyl groups is 1. The summed E-state index contributed by atoms with van der Waals surface area (Å²) >= 11 is 0. The average molecular weight is 404 g/mol. The zero-order valence-electron chi connectivity index (χ0n) is 17.3. The highest BCUT2D eigenvalue weighted by Crippen LogP contribution is 2.47. The van der Waals surface area contributed by atoms with E-state index in [4.69, 9.17) is 15.2 Å². The fourth-order valence-corrected chi connectivity index (χ4v) is 4.43. The third kappa shape index (κ3) is 4.35. The summed E-state index contributed by atoms with van der Waals surface area (Å²) in [5.74, 6) is 2.34. The second-order valence-corrected chi connectivity index (χ2v) is 7.87. The van der Waals surface area contributed by atoms with Crippen LogP contribution in [0.5, 0.6) is 11.5 Å².